The van der Waals surface area contributed by atoms with Crippen LogP contribution in [-0.2, 0) is 40.3 Å². The summed E-state index contributed by atoms with van der Waals surface area (Å²) in [5.41, 5.74) is 7.46. The summed E-state index contributed by atoms with van der Waals surface area (Å²) in [7, 11) is 0. The number of hydrogen-bond donors (Lipinski definition) is 6. The third-order valence-corrected chi connectivity index (χ3v) is 17.1. The number of carboxylic acid groups (broad SMARTS) is 3. The molecule has 60 heavy (non-hydrogen) atoms. The summed E-state index contributed by atoms with van der Waals surface area (Å²) >= 11 is 0. The number of carbonyl (C=O) groups is 3. The zero-order valence-electron chi connectivity index (χ0n) is 34.6. The molecular weight excluding hydrogens is 846 g/mol. The molecule has 4 unspecified atom stereocenters. The van der Waals surface area contributed by atoms with Gasteiger partial charge in [0.1, 0.15) is 0 Å². The van der Waals surface area contributed by atoms with Gasteiger partial charge >= 0.3 is 17.9 Å². The van der Waals surface area contributed by atoms with Crippen molar-refractivity contribution in [3.8, 4) is 0 Å². The smallest absolute Gasteiger partial charge is 0.307 e. The summed E-state index contributed by atoms with van der Waals surface area (Å²) in [5, 5.41) is 41.1. The van der Waals surface area contributed by atoms with Crippen molar-refractivity contribution in [1.82, 2.24) is 20.9 Å². The largest absolute Gasteiger partial charge is 0.481 e. The Kier molecular flexibility index (Phi) is 14.0. The first-order valence-electron chi connectivity index (χ1n) is 21.7. The highest BCUT2D eigenvalue weighted by Crippen LogP contribution is 3.11. The predicted octanol–water partition coefficient (Wildman–Crippen LogP) is 6.14. The molecule has 2 aromatic carbocycles. The average molecular weight is 911 g/mol. The van der Waals surface area contributed by atoms with Gasteiger partial charge in [0.15, 0.2) is 0 Å². The molecule has 0 bridgehead atoms. The number of carboxylic acids is 3. The Balaban J connectivity index is 0.00000151. The van der Waals surface area contributed by atoms with Crippen molar-refractivity contribution >= 4 is 67.5 Å². The number of aliphatic carboxylic acids is 3. The van der Waals surface area contributed by atoms with Crippen molar-refractivity contribution < 1.29 is 29.7 Å². The first-order valence-corrected chi connectivity index (χ1v) is 21.7. The van der Waals surface area contributed by atoms with Crippen LogP contribution in [0.2, 0.25) is 0 Å². The minimum Gasteiger partial charge on any atom is -0.481 e. The molecule has 332 valence electrons. The molecular formula is C46H64Cl4N4O6. The maximum absolute atomic E-state index is 12.7. The molecule has 14 heteroatoms. The zero-order chi connectivity index (χ0) is 38.7. The summed E-state index contributed by atoms with van der Waals surface area (Å²) in [6.07, 6.45) is 4.68. The van der Waals surface area contributed by atoms with E-state index < -0.39 is 29.7 Å². The molecule has 3 heterocycles. The Hall–Kier alpha value is -2.15. The molecule has 3 saturated heterocycles. The van der Waals surface area contributed by atoms with Gasteiger partial charge in [-0.2, -0.15) is 0 Å². The fraction of sp³-hybridized carbons (Fsp3) is 0.674. The molecule has 2 aromatic rings. The summed E-state index contributed by atoms with van der Waals surface area (Å²) in [4.78, 5) is 40.3. The number of hydrogen-bond acceptors (Lipinski definition) is 7. The summed E-state index contributed by atoms with van der Waals surface area (Å²) < 4.78 is 0. The summed E-state index contributed by atoms with van der Waals surface area (Å²) in [6, 6.07) is 13.4. The molecule has 6 aliphatic carbocycles. The lowest BCUT2D eigenvalue weighted by Gasteiger charge is -3.12. The molecule has 3 aliphatic heterocycles. The molecule has 9 fully saturated rings. The Bertz CT molecular complexity index is 1830. The fourth-order valence-electron chi connectivity index (χ4n) is 15.6. The van der Waals surface area contributed by atoms with Crippen molar-refractivity contribution in [2.24, 2.45) is 81.8 Å². The lowest BCUT2D eigenvalue weighted by molar-refractivity contribution is -0.661. The van der Waals surface area contributed by atoms with E-state index in [1.807, 2.05) is 0 Å². The minimum absolute atomic E-state index is 0. The van der Waals surface area contributed by atoms with Gasteiger partial charge in [0.25, 0.3) is 0 Å². The van der Waals surface area contributed by atoms with Gasteiger partial charge in [0, 0.05) is 19.6 Å². The van der Waals surface area contributed by atoms with E-state index in [0.717, 1.165) is 131 Å². The second kappa shape index (κ2) is 17.8. The highest BCUT2D eigenvalue weighted by molar-refractivity contribution is 5.86. The van der Waals surface area contributed by atoms with Crippen molar-refractivity contribution in [2.45, 2.75) is 65.5 Å². The van der Waals surface area contributed by atoms with Crippen LogP contribution in [0.3, 0.4) is 0 Å². The standard InChI is InChI=1S/C46H60N4O6.4ClH/c1-24-9-26(15-33(42(51)52)30-3-6-47-18-30)13-28(11-24)21-50(22-29-12-25(2)10-27(14-29)16-34(43(53)54)31-4-7-48-19-31)23-46-39-36-38-37(39)41(46)45(38,40(36)46)17-35(44(55)56)32-5-8-49-20-32;;;;/h9-14,30-41,47-49H,3-8,15-23H2,1-2H3,(H,51,52)(H,53,54)(H,55,56);4*1H/t30-,31-,32-,33-,34-,35-,36?,37?,38?,39?,40?,41?,45?,46?;;;;/m0..../s1. The van der Waals surface area contributed by atoms with E-state index in [4.69, 9.17) is 0 Å². The van der Waals surface area contributed by atoms with Crippen LogP contribution in [-0.4, -0.2) is 83.9 Å². The van der Waals surface area contributed by atoms with E-state index in [1.54, 1.807) is 0 Å². The van der Waals surface area contributed by atoms with Crippen molar-refractivity contribution in [2.75, 3.05) is 45.8 Å². The van der Waals surface area contributed by atoms with Gasteiger partial charge in [-0.25, -0.2) is 0 Å². The second-order valence-electron chi connectivity index (χ2n) is 19.9. The Labute approximate surface area is 379 Å². The van der Waals surface area contributed by atoms with Crippen molar-refractivity contribution in [1.29, 1.82) is 0 Å². The molecule has 0 aromatic heterocycles. The quantitative estimate of drug-likeness (QED) is 0.103. The van der Waals surface area contributed by atoms with Crippen LogP contribution in [0.5, 0.6) is 0 Å². The molecule has 6 saturated carbocycles. The maximum atomic E-state index is 12.7. The van der Waals surface area contributed by atoms with Gasteiger partial charge in [-0.3, -0.25) is 19.3 Å². The van der Waals surface area contributed by atoms with E-state index in [2.05, 4.69) is 71.1 Å². The molecule has 10 nitrogen and oxygen atoms in total. The van der Waals surface area contributed by atoms with E-state index in [9.17, 15) is 29.7 Å². The fourth-order valence-corrected chi connectivity index (χ4v) is 15.6. The third kappa shape index (κ3) is 7.19. The van der Waals surface area contributed by atoms with Crippen molar-refractivity contribution in [3.05, 3.63) is 69.8 Å². The number of rotatable bonds is 18. The van der Waals surface area contributed by atoms with E-state index in [-0.39, 0.29) is 84.1 Å². The first-order chi connectivity index (χ1) is 27.0. The highest BCUT2D eigenvalue weighted by Gasteiger charge is 3.09. The third-order valence-electron chi connectivity index (χ3n) is 17.1. The molecule has 11 rings (SSSR count). The highest BCUT2D eigenvalue weighted by atomic mass is 35.5. The van der Waals surface area contributed by atoms with Crippen LogP contribution in [0.4, 0.5) is 0 Å². The predicted molar refractivity (Wildman–Crippen MR) is 240 cm³/mol. The van der Waals surface area contributed by atoms with Crippen LogP contribution >= 0.6 is 49.6 Å². The zero-order valence-corrected chi connectivity index (χ0v) is 37.9. The number of halogens is 4. The lowest BCUT2D eigenvalue weighted by Crippen LogP contribution is -3.10. The Morgan fingerprint density at radius 3 is 1.37 bits per heavy atom. The molecule has 9 aliphatic rings. The van der Waals surface area contributed by atoms with Gasteiger partial charge in [-0.05, 0) is 178 Å². The summed E-state index contributed by atoms with van der Waals surface area (Å²) in [5.74, 6) is 1.88. The molecule has 0 amide bonds. The first kappa shape index (κ1) is 47.3. The van der Waals surface area contributed by atoms with Crippen LogP contribution < -0.4 is 16.0 Å². The number of aryl methyl sites for hydroxylation is 2. The van der Waals surface area contributed by atoms with Crippen molar-refractivity contribution in [3.63, 3.8) is 0 Å². The number of benzene rings is 2. The monoisotopic (exact) mass is 908 g/mol. The average Bonchev–Trinajstić information content (AvgIpc) is 3.96. The minimum atomic E-state index is -0.712. The SMILES string of the molecule is Cc1cc(C[C@H](C(=O)O)[C@H]2CCNC2)cc(CN(Cc2cc(C)cc(C[C@H](C(=O)O)[C@H]3CCNC3)c2)CC23C4C5C6C4C2C6(C[C@H](C(=O)O)[C@H]2CCNC2)C53)c1.Cl.Cl.Cl.Cl. The number of nitrogens with zero attached hydrogens (tertiary/aromatic N) is 1. The van der Waals surface area contributed by atoms with Gasteiger partial charge in [0.05, 0.1) is 17.8 Å². The van der Waals surface area contributed by atoms with E-state index >= 15 is 0 Å². The normalized spacial score (nSPS) is 35.5. The van der Waals surface area contributed by atoms with Gasteiger partial charge in [-0.1, -0.05) is 47.5 Å². The van der Waals surface area contributed by atoms with Gasteiger partial charge < -0.3 is 31.3 Å². The van der Waals surface area contributed by atoms with Crippen LogP contribution in [0, 0.1) is 95.7 Å². The van der Waals surface area contributed by atoms with E-state index in [0.29, 0.717) is 24.7 Å². The van der Waals surface area contributed by atoms with Crippen LogP contribution in [0.1, 0.15) is 59.1 Å². The number of nitrogens with one attached hydrogen (secondary N) is 3. The Morgan fingerprint density at radius 1 is 0.600 bits per heavy atom. The van der Waals surface area contributed by atoms with Crippen LogP contribution in [0.15, 0.2) is 36.4 Å². The van der Waals surface area contributed by atoms with Gasteiger partial charge in [0.2, 0.25) is 0 Å². The van der Waals surface area contributed by atoms with E-state index in [1.165, 1.54) is 11.1 Å². The molecule has 0 spiro atoms. The Morgan fingerprint density at radius 2 is 0.983 bits per heavy atom. The lowest BCUT2D eigenvalue weighted by atomic mass is 8.91. The molecule has 0 radical (unpaired) electrons. The summed E-state index contributed by atoms with van der Waals surface area (Å²) in [6.45, 7) is 11.8. The molecule has 6 N–H and O–H groups in total. The van der Waals surface area contributed by atoms with Gasteiger partial charge in [-0.15, -0.1) is 49.6 Å². The molecule has 10 atom stereocenters. The maximum Gasteiger partial charge on any atom is 0.307 e. The topological polar surface area (TPSA) is 151 Å². The second-order valence-corrected chi connectivity index (χ2v) is 19.9. The van der Waals surface area contributed by atoms with Crippen LogP contribution in [0.25, 0.3) is 0 Å².